The van der Waals surface area contributed by atoms with Gasteiger partial charge in [0.15, 0.2) is 0 Å². The molecule has 0 saturated carbocycles. The first-order chi connectivity index (χ1) is 11.3. The van der Waals surface area contributed by atoms with Crippen LogP contribution in [0.4, 0.5) is 0 Å². The lowest BCUT2D eigenvalue weighted by Gasteiger charge is -2.36. The molecule has 2 aromatic rings. The van der Waals surface area contributed by atoms with Crippen molar-refractivity contribution in [2.45, 2.75) is 31.1 Å². The minimum absolute atomic E-state index is 0.117. The van der Waals surface area contributed by atoms with Crippen molar-refractivity contribution in [2.24, 2.45) is 0 Å². The minimum Gasteiger partial charge on any atom is -0.469 e. The predicted molar refractivity (Wildman–Crippen MR) is 88.2 cm³/mol. The second-order valence-corrected chi connectivity index (χ2v) is 6.00. The van der Waals surface area contributed by atoms with E-state index < -0.39 is 5.41 Å². The third-order valence-electron chi connectivity index (χ3n) is 4.57. The van der Waals surface area contributed by atoms with E-state index in [-0.39, 0.29) is 5.91 Å². The van der Waals surface area contributed by atoms with E-state index in [0.29, 0.717) is 19.8 Å². The average Bonchev–Trinajstić information content (AvgIpc) is 3.13. The van der Waals surface area contributed by atoms with Crippen LogP contribution in [0.25, 0.3) is 0 Å². The summed E-state index contributed by atoms with van der Waals surface area (Å²) in [7, 11) is 0. The highest BCUT2D eigenvalue weighted by Crippen LogP contribution is 2.35. The zero-order chi connectivity index (χ0) is 16.0. The fourth-order valence-electron chi connectivity index (χ4n) is 3.21. The molecule has 0 radical (unpaired) electrons. The molecule has 122 valence electrons. The van der Waals surface area contributed by atoms with Crippen molar-refractivity contribution in [2.75, 3.05) is 19.8 Å². The molecule has 0 atom stereocenters. The van der Waals surface area contributed by atoms with E-state index >= 15 is 0 Å². The van der Waals surface area contributed by atoms with Gasteiger partial charge in [-0.3, -0.25) is 4.79 Å². The Morgan fingerprint density at radius 2 is 1.87 bits per heavy atom. The highest BCUT2D eigenvalue weighted by atomic mass is 16.5. The Morgan fingerprint density at radius 3 is 2.57 bits per heavy atom. The Balaban J connectivity index is 1.61. The molecule has 4 heteroatoms. The third kappa shape index (κ3) is 3.64. The van der Waals surface area contributed by atoms with Crippen LogP contribution >= 0.6 is 0 Å². The number of nitrogens with one attached hydrogen (secondary N) is 1. The fourth-order valence-corrected chi connectivity index (χ4v) is 3.21. The second-order valence-electron chi connectivity index (χ2n) is 6.00. The van der Waals surface area contributed by atoms with Crippen LogP contribution in [0, 0.1) is 0 Å². The van der Waals surface area contributed by atoms with Gasteiger partial charge in [0.2, 0.25) is 5.91 Å². The molecule has 3 rings (SSSR count). The summed E-state index contributed by atoms with van der Waals surface area (Å²) in [6.07, 6.45) is 4.87. The number of aryl methyl sites for hydroxylation is 1. The van der Waals surface area contributed by atoms with Gasteiger partial charge in [0.1, 0.15) is 5.76 Å². The van der Waals surface area contributed by atoms with Gasteiger partial charge < -0.3 is 14.5 Å². The van der Waals surface area contributed by atoms with E-state index in [0.717, 1.165) is 37.0 Å². The molecule has 1 aromatic carbocycles. The molecule has 1 aromatic heterocycles. The first kappa shape index (κ1) is 15.8. The van der Waals surface area contributed by atoms with Crippen molar-refractivity contribution < 1.29 is 13.9 Å². The molecule has 1 saturated heterocycles. The average molecular weight is 313 g/mol. The van der Waals surface area contributed by atoms with E-state index in [9.17, 15) is 4.79 Å². The molecule has 2 heterocycles. The van der Waals surface area contributed by atoms with Gasteiger partial charge >= 0.3 is 0 Å². The molecule has 1 fully saturated rings. The number of furan rings is 1. The van der Waals surface area contributed by atoms with Crippen LogP contribution in [0.5, 0.6) is 0 Å². The van der Waals surface area contributed by atoms with Crippen molar-refractivity contribution in [1.82, 2.24) is 5.32 Å². The van der Waals surface area contributed by atoms with Crippen molar-refractivity contribution in [1.29, 1.82) is 0 Å². The van der Waals surface area contributed by atoms with Gasteiger partial charge in [-0.05, 0) is 37.0 Å². The lowest BCUT2D eigenvalue weighted by atomic mass is 9.73. The highest BCUT2D eigenvalue weighted by Gasteiger charge is 2.41. The van der Waals surface area contributed by atoms with Crippen LogP contribution in [0.3, 0.4) is 0 Å². The zero-order valence-electron chi connectivity index (χ0n) is 13.3. The van der Waals surface area contributed by atoms with Crippen LogP contribution in [0.1, 0.15) is 30.6 Å². The van der Waals surface area contributed by atoms with Crippen LogP contribution < -0.4 is 5.32 Å². The van der Waals surface area contributed by atoms with Gasteiger partial charge in [0.25, 0.3) is 0 Å². The molecular weight excluding hydrogens is 290 g/mol. The number of carbonyl (C=O) groups is 1. The summed E-state index contributed by atoms with van der Waals surface area (Å²) in [5.41, 5.74) is 0.635. The van der Waals surface area contributed by atoms with Gasteiger partial charge in [-0.2, -0.15) is 0 Å². The number of rotatable bonds is 6. The Bertz CT molecular complexity index is 601. The summed E-state index contributed by atoms with van der Waals surface area (Å²) >= 11 is 0. The monoisotopic (exact) mass is 313 g/mol. The largest absolute Gasteiger partial charge is 0.469 e. The van der Waals surface area contributed by atoms with Gasteiger partial charge in [-0.1, -0.05) is 30.3 Å². The molecule has 4 nitrogen and oxygen atoms in total. The molecule has 0 aliphatic carbocycles. The van der Waals surface area contributed by atoms with Crippen molar-refractivity contribution in [3.8, 4) is 0 Å². The maximum Gasteiger partial charge on any atom is 0.230 e. The normalized spacial score (nSPS) is 16.9. The number of ether oxygens (including phenoxy) is 1. The summed E-state index contributed by atoms with van der Waals surface area (Å²) < 4.78 is 10.8. The molecule has 1 amide bonds. The van der Waals surface area contributed by atoms with E-state index in [1.165, 1.54) is 0 Å². The Kier molecular flexibility index (Phi) is 5.13. The van der Waals surface area contributed by atoms with Crippen LogP contribution in [0.15, 0.2) is 53.1 Å². The van der Waals surface area contributed by atoms with E-state index in [2.05, 4.69) is 5.32 Å². The number of benzene rings is 1. The first-order valence-corrected chi connectivity index (χ1v) is 8.25. The molecule has 0 unspecified atom stereocenters. The summed E-state index contributed by atoms with van der Waals surface area (Å²) in [5.74, 6) is 1.08. The van der Waals surface area contributed by atoms with Gasteiger partial charge in [0, 0.05) is 26.2 Å². The molecule has 1 aliphatic rings. The van der Waals surface area contributed by atoms with E-state index in [4.69, 9.17) is 9.15 Å². The van der Waals surface area contributed by atoms with E-state index in [1.807, 2.05) is 42.5 Å². The third-order valence-corrected chi connectivity index (χ3v) is 4.57. The van der Waals surface area contributed by atoms with Gasteiger partial charge in [-0.25, -0.2) is 0 Å². The summed E-state index contributed by atoms with van der Waals surface area (Å²) in [4.78, 5) is 12.9. The number of carbonyl (C=O) groups excluding carboxylic acids is 1. The van der Waals surface area contributed by atoms with Crippen molar-refractivity contribution in [3.63, 3.8) is 0 Å². The second kappa shape index (κ2) is 7.47. The number of amides is 1. The maximum atomic E-state index is 12.9. The number of hydrogen-bond acceptors (Lipinski definition) is 3. The molecule has 1 N–H and O–H groups in total. The lowest BCUT2D eigenvalue weighted by Crippen LogP contribution is -2.48. The van der Waals surface area contributed by atoms with Crippen LogP contribution in [-0.2, 0) is 21.4 Å². The minimum atomic E-state index is -0.454. The Labute approximate surface area is 136 Å². The molecule has 0 spiro atoms. The predicted octanol–water partition coefficient (Wildman–Crippen LogP) is 3.08. The Morgan fingerprint density at radius 1 is 1.09 bits per heavy atom. The Hall–Kier alpha value is -2.07. The zero-order valence-corrected chi connectivity index (χ0v) is 13.3. The molecule has 1 aliphatic heterocycles. The SMILES string of the molecule is O=C(NCCCc1ccco1)C1(c2ccccc2)CCOCC1. The van der Waals surface area contributed by atoms with Crippen molar-refractivity contribution >= 4 is 5.91 Å². The fraction of sp³-hybridized carbons (Fsp3) is 0.421. The summed E-state index contributed by atoms with van der Waals surface area (Å²) in [6.45, 7) is 1.93. The standard InChI is InChI=1S/C19H23NO3/c21-18(20-12-4-8-17-9-5-13-23-17)19(10-14-22-15-11-19)16-6-2-1-3-7-16/h1-3,5-7,9,13H,4,8,10-12,14-15H2,(H,20,21). The molecule has 23 heavy (non-hydrogen) atoms. The van der Waals surface area contributed by atoms with Crippen LogP contribution in [0.2, 0.25) is 0 Å². The van der Waals surface area contributed by atoms with E-state index in [1.54, 1.807) is 6.26 Å². The van der Waals surface area contributed by atoms with Gasteiger partial charge in [0.05, 0.1) is 11.7 Å². The van der Waals surface area contributed by atoms with Crippen LogP contribution in [-0.4, -0.2) is 25.7 Å². The highest BCUT2D eigenvalue weighted by molar-refractivity contribution is 5.88. The topological polar surface area (TPSA) is 51.5 Å². The molecule has 0 bridgehead atoms. The maximum absolute atomic E-state index is 12.9. The summed E-state index contributed by atoms with van der Waals surface area (Å²) in [6, 6.07) is 13.9. The lowest BCUT2D eigenvalue weighted by molar-refractivity contribution is -0.130. The van der Waals surface area contributed by atoms with Crippen molar-refractivity contribution in [3.05, 3.63) is 60.1 Å². The first-order valence-electron chi connectivity index (χ1n) is 8.25. The van der Waals surface area contributed by atoms with Gasteiger partial charge in [-0.15, -0.1) is 0 Å². The quantitative estimate of drug-likeness (QED) is 0.834. The summed E-state index contributed by atoms with van der Waals surface area (Å²) in [5, 5.41) is 3.12. The number of hydrogen-bond donors (Lipinski definition) is 1. The molecular formula is C19H23NO3. The smallest absolute Gasteiger partial charge is 0.230 e.